The minimum atomic E-state index is -0.113. The normalized spacial score (nSPS) is 10.8. The van der Waals surface area contributed by atoms with Gasteiger partial charge in [0.2, 0.25) is 0 Å². The number of nitrogens with zero attached hydrogens (tertiary/aromatic N) is 1. The maximum Gasteiger partial charge on any atom is 0.195 e. The van der Waals surface area contributed by atoms with Gasteiger partial charge < -0.3 is 4.98 Å². The van der Waals surface area contributed by atoms with Gasteiger partial charge in [-0.2, -0.15) is 0 Å². The third-order valence-corrected chi connectivity index (χ3v) is 3.62. The van der Waals surface area contributed by atoms with Crippen molar-refractivity contribution in [2.45, 2.75) is 0 Å². The number of H-pyrrole nitrogens is 1. The molecule has 2 heterocycles. The molecule has 3 aromatic rings. The number of rotatable bonds is 2. The van der Waals surface area contributed by atoms with Crippen LogP contribution >= 0.6 is 23.2 Å². The van der Waals surface area contributed by atoms with Crippen molar-refractivity contribution in [1.29, 1.82) is 0 Å². The van der Waals surface area contributed by atoms with Gasteiger partial charge in [-0.15, -0.1) is 0 Å². The first kappa shape index (κ1) is 12.2. The summed E-state index contributed by atoms with van der Waals surface area (Å²) in [7, 11) is 0. The first-order valence-electron chi connectivity index (χ1n) is 5.58. The van der Waals surface area contributed by atoms with Gasteiger partial charge in [0.1, 0.15) is 5.65 Å². The maximum absolute atomic E-state index is 12.4. The maximum atomic E-state index is 12.4. The van der Waals surface area contributed by atoms with E-state index in [0.717, 1.165) is 5.39 Å². The number of carbonyl (C=O) groups is 1. The Hall–Kier alpha value is -1.84. The van der Waals surface area contributed by atoms with Crippen LogP contribution in [0, 0.1) is 0 Å². The van der Waals surface area contributed by atoms with E-state index in [1.54, 1.807) is 36.7 Å². The lowest BCUT2D eigenvalue weighted by Crippen LogP contribution is -2.00. The first-order valence-corrected chi connectivity index (χ1v) is 6.34. The average molecular weight is 291 g/mol. The highest BCUT2D eigenvalue weighted by Gasteiger charge is 2.15. The number of hydrogen-bond donors (Lipinski definition) is 1. The van der Waals surface area contributed by atoms with Crippen molar-refractivity contribution in [3.05, 3.63) is 63.9 Å². The zero-order valence-corrected chi connectivity index (χ0v) is 11.2. The molecule has 3 nitrogen and oxygen atoms in total. The molecule has 3 rings (SSSR count). The van der Waals surface area contributed by atoms with Crippen LogP contribution in [0.15, 0.2) is 42.7 Å². The van der Waals surface area contributed by atoms with Crippen molar-refractivity contribution in [3.63, 3.8) is 0 Å². The first-order chi connectivity index (χ1) is 9.16. The van der Waals surface area contributed by atoms with Crippen molar-refractivity contribution in [2.24, 2.45) is 0 Å². The predicted molar refractivity (Wildman–Crippen MR) is 76.0 cm³/mol. The van der Waals surface area contributed by atoms with Crippen LogP contribution in [-0.4, -0.2) is 15.8 Å². The fourth-order valence-corrected chi connectivity index (χ4v) is 2.23. The van der Waals surface area contributed by atoms with Gasteiger partial charge in [-0.1, -0.05) is 23.2 Å². The second-order valence-electron chi connectivity index (χ2n) is 4.06. The summed E-state index contributed by atoms with van der Waals surface area (Å²) in [5.74, 6) is -0.113. The Balaban J connectivity index is 2.11. The molecule has 0 spiro atoms. The van der Waals surface area contributed by atoms with E-state index in [1.165, 1.54) is 0 Å². The fraction of sp³-hybridized carbons (Fsp3) is 0. The van der Waals surface area contributed by atoms with Crippen LogP contribution in [0.25, 0.3) is 11.0 Å². The number of nitrogens with one attached hydrogen (secondary N) is 1. The SMILES string of the molecule is O=C(c1ccc(Cl)c(Cl)c1)c1c[nH]c2ncccc12. The molecular formula is C14H8Cl2N2O. The third kappa shape index (κ3) is 2.11. The molecule has 0 saturated heterocycles. The van der Waals surface area contributed by atoms with E-state index in [4.69, 9.17) is 23.2 Å². The summed E-state index contributed by atoms with van der Waals surface area (Å²) in [6.07, 6.45) is 3.33. The molecule has 0 saturated carbocycles. The largest absolute Gasteiger partial charge is 0.345 e. The molecule has 5 heteroatoms. The lowest BCUT2D eigenvalue weighted by Gasteiger charge is -2.01. The molecular weight excluding hydrogens is 283 g/mol. The van der Waals surface area contributed by atoms with Gasteiger partial charge in [-0.25, -0.2) is 4.98 Å². The number of aromatic nitrogens is 2. The number of benzene rings is 1. The Kier molecular flexibility index (Phi) is 3.01. The summed E-state index contributed by atoms with van der Waals surface area (Å²) < 4.78 is 0. The van der Waals surface area contributed by atoms with E-state index < -0.39 is 0 Å². The molecule has 0 radical (unpaired) electrons. The summed E-state index contributed by atoms with van der Waals surface area (Å²) in [5, 5.41) is 1.59. The number of aromatic amines is 1. The molecule has 0 aliphatic heterocycles. The quantitative estimate of drug-likeness (QED) is 0.722. The molecule has 0 atom stereocenters. The summed E-state index contributed by atoms with van der Waals surface area (Å²) in [6, 6.07) is 8.49. The van der Waals surface area contributed by atoms with Crippen LogP contribution < -0.4 is 0 Å². The Morgan fingerprint density at radius 1 is 1.16 bits per heavy atom. The number of hydrogen-bond acceptors (Lipinski definition) is 2. The number of pyridine rings is 1. The van der Waals surface area contributed by atoms with Gasteiger partial charge in [0.05, 0.1) is 10.0 Å². The Morgan fingerprint density at radius 2 is 2.00 bits per heavy atom. The van der Waals surface area contributed by atoms with Gasteiger partial charge in [0, 0.05) is 28.9 Å². The van der Waals surface area contributed by atoms with Crippen molar-refractivity contribution in [3.8, 4) is 0 Å². The van der Waals surface area contributed by atoms with E-state index in [-0.39, 0.29) is 5.78 Å². The van der Waals surface area contributed by atoms with E-state index in [2.05, 4.69) is 9.97 Å². The molecule has 2 aromatic heterocycles. The zero-order chi connectivity index (χ0) is 13.4. The van der Waals surface area contributed by atoms with E-state index in [1.807, 2.05) is 6.07 Å². The van der Waals surface area contributed by atoms with Crippen molar-refractivity contribution in [1.82, 2.24) is 9.97 Å². The van der Waals surface area contributed by atoms with Crippen LogP contribution in [0.4, 0.5) is 0 Å². The summed E-state index contributed by atoms with van der Waals surface area (Å²) >= 11 is 11.8. The molecule has 1 N–H and O–H groups in total. The summed E-state index contributed by atoms with van der Waals surface area (Å²) in [4.78, 5) is 19.6. The molecule has 19 heavy (non-hydrogen) atoms. The molecule has 0 aliphatic rings. The van der Waals surface area contributed by atoms with Gasteiger partial charge in [0.15, 0.2) is 5.78 Å². The van der Waals surface area contributed by atoms with Crippen LogP contribution in [0.1, 0.15) is 15.9 Å². The molecule has 0 bridgehead atoms. The highest BCUT2D eigenvalue weighted by molar-refractivity contribution is 6.42. The van der Waals surface area contributed by atoms with E-state index in [0.29, 0.717) is 26.8 Å². The number of carbonyl (C=O) groups excluding carboxylic acids is 1. The van der Waals surface area contributed by atoms with Gasteiger partial charge in [-0.05, 0) is 30.3 Å². The van der Waals surface area contributed by atoms with E-state index >= 15 is 0 Å². The Labute approximate surface area is 119 Å². The molecule has 0 fully saturated rings. The minimum Gasteiger partial charge on any atom is -0.345 e. The zero-order valence-electron chi connectivity index (χ0n) is 9.65. The van der Waals surface area contributed by atoms with Gasteiger partial charge in [-0.3, -0.25) is 4.79 Å². The van der Waals surface area contributed by atoms with Crippen molar-refractivity contribution >= 4 is 40.0 Å². The number of ketones is 1. The molecule has 0 unspecified atom stereocenters. The lowest BCUT2D eigenvalue weighted by atomic mass is 10.0. The topological polar surface area (TPSA) is 45.8 Å². The van der Waals surface area contributed by atoms with Crippen LogP contribution in [0.3, 0.4) is 0 Å². The Bertz CT molecular complexity index is 780. The highest BCUT2D eigenvalue weighted by Crippen LogP contribution is 2.25. The summed E-state index contributed by atoms with van der Waals surface area (Å²) in [6.45, 7) is 0. The standard InChI is InChI=1S/C14H8Cl2N2O/c15-11-4-3-8(6-12(11)16)13(19)10-7-18-14-9(10)2-1-5-17-14/h1-7H,(H,17,18). The Morgan fingerprint density at radius 3 is 2.79 bits per heavy atom. The van der Waals surface area contributed by atoms with E-state index in [9.17, 15) is 4.79 Å². The van der Waals surface area contributed by atoms with Crippen LogP contribution in [0.5, 0.6) is 0 Å². The van der Waals surface area contributed by atoms with Gasteiger partial charge in [0.25, 0.3) is 0 Å². The van der Waals surface area contributed by atoms with Crippen molar-refractivity contribution < 1.29 is 4.79 Å². The number of halogens is 2. The second kappa shape index (κ2) is 4.68. The summed E-state index contributed by atoms with van der Waals surface area (Å²) in [5.41, 5.74) is 1.76. The third-order valence-electron chi connectivity index (χ3n) is 2.88. The predicted octanol–water partition coefficient (Wildman–Crippen LogP) is 4.10. The molecule has 1 aromatic carbocycles. The van der Waals surface area contributed by atoms with Crippen molar-refractivity contribution in [2.75, 3.05) is 0 Å². The van der Waals surface area contributed by atoms with Gasteiger partial charge >= 0.3 is 0 Å². The highest BCUT2D eigenvalue weighted by atomic mass is 35.5. The second-order valence-corrected chi connectivity index (χ2v) is 4.87. The number of fused-ring (bicyclic) bond motifs is 1. The lowest BCUT2D eigenvalue weighted by molar-refractivity contribution is 0.104. The molecule has 0 amide bonds. The molecule has 94 valence electrons. The van der Waals surface area contributed by atoms with Crippen LogP contribution in [0.2, 0.25) is 10.0 Å². The monoisotopic (exact) mass is 290 g/mol. The minimum absolute atomic E-state index is 0.113. The smallest absolute Gasteiger partial charge is 0.195 e. The fourth-order valence-electron chi connectivity index (χ4n) is 1.94. The molecule has 0 aliphatic carbocycles. The van der Waals surface area contributed by atoms with Crippen LogP contribution in [-0.2, 0) is 0 Å². The average Bonchev–Trinajstić information content (AvgIpc) is 2.85.